The van der Waals surface area contributed by atoms with E-state index in [9.17, 15) is 9.59 Å². The standard InChI is InChI=1S/C16H12ClNO2S/c17-11-6-8-13(9-7-11)21-14-10-15(19)18(16(14)20)12-4-2-1-3-5-12/h1-9,14H,10H2. The van der Waals surface area contributed by atoms with Crippen molar-refractivity contribution in [1.29, 1.82) is 0 Å². The second-order valence-corrected chi connectivity index (χ2v) is 6.38. The lowest BCUT2D eigenvalue weighted by Gasteiger charge is -2.14. The van der Waals surface area contributed by atoms with Gasteiger partial charge < -0.3 is 0 Å². The molecule has 2 amide bonds. The minimum Gasteiger partial charge on any atom is -0.274 e. The number of hydrogen-bond acceptors (Lipinski definition) is 3. The number of para-hydroxylation sites is 1. The Morgan fingerprint density at radius 1 is 1.00 bits per heavy atom. The summed E-state index contributed by atoms with van der Waals surface area (Å²) in [6, 6.07) is 16.3. The molecule has 106 valence electrons. The Bertz CT molecular complexity index is 672. The fourth-order valence-electron chi connectivity index (χ4n) is 2.22. The first-order valence-electron chi connectivity index (χ1n) is 6.49. The highest BCUT2D eigenvalue weighted by Crippen LogP contribution is 2.34. The van der Waals surface area contributed by atoms with E-state index < -0.39 is 0 Å². The Kier molecular flexibility index (Phi) is 3.99. The van der Waals surface area contributed by atoms with E-state index in [0.29, 0.717) is 10.7 Å². The number of halogens is 1. The maximum atomic E-state index is 12.4. The summed E-state index contributed by atoms with van der Waals surface area (Å²) in [4.78, 5) is 26.8. The van der Waals surface area contributed by atoms with Crippen LogP contribution in [0.5, 0.6) is 0 Å². The second kappa shape index (κ2) is 5.92. The molecule has 1 fully saturated rings. The van der Waals surface area contributed by atoms with Gasteiger partial charge in [-0.15, -0.1) is 11.8 Å². The number of anilines is 1. The third-order valence-corrected chi connectivity index (χ3v) is 4.66. The Morgan fingerprint density at radius 3 is 2.33 bits per heavy atom. The normalized spacial score (nSPS) is 18.3. The van der Waals surface area contributed by atoms with Crippen molar-refractivity contribution in [3.05, 3.63) is 59.6 Å². The largest absolute Gasteiger partial charge is 0.274 e. The lowest BCUT2D eigenvalue weighted by atomic mass is 10.3. The molecule has 0 N–H and O–H groups in total. The molecule has 0 aromatic heterocycles. The Balaban J connectivity index is 1.79. The highest BCUT2D eigenvalue weighted by atomic mass is 35.5. The van der Waals surface area contributed by atoms with Crippen molar-refractivity contribution in [3.63, 3.8) is 0 Å². The Morgan fingerprint density at radius 2 is 1.67 bits per heavy atom. The minimum atomic E-state index is -0.376. The van der Waals surface area contributed by atoms with Gasteiger partial charge in [-0.25, -0.2) is 4.90 Å². The summed E-state index contributed by atoms with van der Waals surface area (Å²) >= 11 is 7.24. The van der Waals surface area contributed by atoms with Crippen LogP contribution >= 0.6 is 23.4 Å². The third-order valence-electron chi connectivity index (χ3n) is 3.21. The molecule has 0 aliphatic carbocycles. The third kappa shape index (κ3) is 2.96. The van der Waals surface area contributed by atoms with Crippen molar-refractivity contribution >= 4 is 40.9 Å². The monoisotopic (exact) mass is 317 g/mol. The molecule has 1 aliphatic heterocycles. The summed E-state index contributed by atoms with van der Waals surface area (Å²) in [5.74, 6) is -0.316. The summed E-state index contributed by atoms with van der Waals surface area (Å²) in [5.41, 5.74) is 0.631. The summed E-state index contributed by atoms with van der Waals surface area (Å²) < 4.78 is 0. The Labute approximate surface area is 131 Å². The number of carbonyl (C=O) groups is 2. The molecule has 21 heavy (non-hydrogen) atoms. The van der Waals surface area contributed by atoms with Gasteiger partial charge in [-0.2, -0.15) is 0 Å². The zero-order valence-corrected chi connectivity index (χ0v) is 12.6. The van der Waals surface area contributed by atoms with Crippen molar-refractivity contribution in [1.82, 2.24) is 0 Å². The zero-order chi connectivity index (χ0) is 14.8. The van der Waals surface area contributed by atoms with Gasteiger partial charge in [-0.05, 0) is 36.4 Å². The molecule has 0 radical (unpaired) electrons. The molecular formula is C16H12ClNO2S. The molecule has 1 aliphatic rings. The van der Waals surface area contributed by atoms with Crippen molar-refractivity contribution in [2.45, 2.75) is 16.6 Å². The summed E-state index contributed by atoms with van der Waals surface area (Å²) in [7, 11) is 0. The van der Waals surface area contributed by atoms with Gasteiger partial charge in [-0.3, -0.25) is 9.59 Å². The number of rotatable bonds is 3. The van der Waals surface area contributed by atoms with Crippen LogP contribution < -0.4 is 4.90 Å². The van der Waals surface area contributed by atoms with Gasteiger partial charge >= 0.3 is 0 Å². The van der Waals surface area contributed by atoms with Crippen LogP contribution in [-0.4, -0.2) is 17.1 Å². The molecule has 1 atom stereocenters. The molecule has 1 unspecified atom stereocenters. The molecule has 1 heterocycles. The lowest BCUT2D eigenvalue weighted by Crippen LogP contribution is -2.30. The van der Waals surface area contributed by atoms with E-state index in [4.69, 9.17) is 11.6 Å². The van der Waals surface area contributed by atoms with Crippen molar-refractivity contribution in [2.75, 3.05) is 4.90 Å². The lowest BCUT2D eigenvalue weighted by molar-refractivity contribution is -0.121. The predicted molar refractivity (Wildman–Crippen MR) is 84.6 cm³/mol. The van der Waals surface area contributed by atoms with Gasteiger partial charge in [0, 0.05) is 16.3 Å². The second-order valence-electron chi connectivity index (χ2n) is 4.67. The maximum absolute atomic E-state index is 12.4. The first-order chi connectivity index (χ1) is 10.1. The Hall–Kier alpha value is -1.78. The number of benzene rings is 2. The average molecular weight is 318 g/mol. The molecule has 0 bridgehead atoms. The molecule has 1 saturated heterocycles. The summed E-state index contributed by atoms with van der Waals surface area (Å²) in [6.45, 7) is 0. The molecule has 3 nitrogen and oxygen atoms in total. The number of hydrogen-bond donors (Lipinski definition) is 0. The maximum Gasteiger partial charge on any atom is 0.247 e. The summed E-state index contributed by atoms with van der Waals surface area (Å²) in [5, 5.41) is 0.276. The van der Waals surface area contributed by atoms with E-state index in [1.54, 1.807) is 24.3 Å². The number of amides is 2. The number of nitrogens with zero attached hydrogens (tertiary/aromatic N) is 1. The minimum absolute atomic E-state index is 0.155. The predicted octanol–water partition coefficient (Wildman–Crippen LogP) is 3.76. The molecule has 2 aromatic carbocycles. The van der Waals surface area contributed by atoms with E-state index in [2.05, 4.69) is 0 Å². The van der Waals surface area contributed by atoms with Gasteiger partial charge in [0.25, 0.3) is 0 Å². The molecule has 0 spiro atoms. The fourth-order valence-corrected chi connectivity index (χ4v) is 3.40. The highest BCUT2D eigenvalue weighted by molar-refractivity contribution is 8.00. The van der Waals surface area contributed by atoms with Gasteiger partial charge in [0.05, 0.1) is 10.9 Å². The van der Waals surface area contributed by atoms with Crippen molar-refractivity contribution in [3.8, 4) is 0 Å². The zero-order valence-electron chi connectivity index (χ0n) is 11.0. The number of imide groups is 1. The van der Waals surface area contributed by atoms with Crippen LogP contribution in [0.25, 0.3) is 0 Å². The first-order valence-corrected chi connectivity index (χ1v) is 7.75. The molecule has 5 heteroatoms. The van der Waals surface area contributed by atoms with Gasteiger partial charge in [-0.1, -0.05) is 29.8 Å². The molecule has 3 rings (SSSR count). The van der Waals surface area contributed by atoms with Crippen LogP contribution in [0.2, 0.25) is 5.02 Å². The fraction of sp³-hybridized carbons (Fsp3) is 0.125. The van der Waals surface area contributed by atoms with Crippen molar-refractivity contribution in [2.24, 2.45) is 0 Å². The average Bonchev–Trinajstić information content (AvgIpc) is 2.77. The SMILES string of the molecule is O=C1CC(Sc2ccc(Cl)cc2)C(=O)N1c1ccccc1. The smallest absolute Gasteiger partial charge is 0.247 e. The van der Waals surface area contributed by atoms with Crippen LogP contribution in [0.4, 0.5) is 5.69 Å². The molecule has 2 aromatic rings. The van der Waals surface area contributed by atoms with E-state index in [1.165, 1.54) is 16.7 Å². The number of thioether (sulfide) groups is 1. The van der Waals surface area contributed by atoms with E-state index in [-0.39, 0.29) is 23.5 Å². The summed E-state index contributed by atoms with van der Waals surface area (Å²) in [6.07, 6.45) is 0.223. The number of carbonyl (C=O) groups excluding carboxylic acids is 2. The van der Waals surface area contributed by atoms with Gasteiger partial charge in [0.2, 0.25) is 11.8 Å². The molecular weight excluding hydrogens is 306 g/mol. The quantitative estimate of drug-likeness (QED) is 0.809. The van der Waals surface area contributed by atoms with Crippen molar-refractivity contribution < 1.29 is 9.59 Å². The van der Waals surface area contributed by atoms with Crippen LogP contribution in [0.15, 0.2) is 59.5 Å². The van der Waals surface area contributed by atoms with E-state index in [1.807, 2.05) is 30.3 Å². The van der Waals surface area contributed by atoms with Gasteiger partial charge in [0.1, 0.15) is 0 Å². The highest BCUT2D eigenvalue weighted by Gasteiger charge is 2.39. The van der Waals surface area contributed by atoms with Gasteiger partial charge in [0.15, 0.2) is 0 Å². The topological polar surface area (TPSA) is 37.4 Å². The van der Waals surface area contributed by atoms with Crippen LogP contribution in [-0.2, 0) is 9.59 Å². The van der Waals surface area contributed by atoms with E-state index >= 15 is 0 Å². The van der Waals surface area contributed by atoms with E-state index in [0.717, 1.165) is 4.90 Å². The van der Waals surface area contributed by atoms with Crippen LogP contribution in [0.1, 0.15) is 6.42 Å². The first kappa shape index (κ1) is 14.2. The van der Waals surface area contributed by atoms with Crippen LogP contribution in [0.3, 0.4) is 0 Å². The molecule has 0 saturated carbocycles. The van der Waals surface area contributed by atoms with Crippen LogP contribution in [0, 0.1) is 0 Å².